The molecule has 30 heavy (non-hydrogen) atoms. The van der Waals surface area contributed by atoms with Gasteiger partial charge in [-0.15, -0.1) is 0 Å². The number of ether oxygens (including phenoxy) is 1. The molecule has 1 heterocycles. The first-order valence-corrected chi connectivity index (χ1v) is 10.4. The van der Waals surface area contributed by atoms with E-state index >= 15 is 0 Å². The number of rotatable bonds is 7. The summed E-state index contributed by atoms with van der Waals surface area (Å²) < 4.78 is 8.10. The number of benzene rings is 3. The van der Waals surface area contributed by atoms with E-state index in [-0.39, 0.29) is 24.4 Å². The molecule has 1 N–H and O–H groups in total. The van der Waals surface area contributed by atoms with Crippen molar-refractivity contribution in [3.05, 3.63) is 81.8 Å². The third-order valence-corrected chi connectivity index (χ3v) is 5.29. The average molecular weight is 466 g/mol. The highest BCUT2D eigenvalue weighted by Gasteiger charge is 2.07. The summed E-state index contributed by atoms with van der Waals surface area (Å²) in [5.41, 5.74) is 0.475. The average Bonchev–Trinajstić information content (AvgIpc) is 2.77. The quantitative estimate of drug-likeness (QED) is 0.420. The summed E-state index contributed by atoms with van der Waals surface area (Å²) in [6.45, 7) is 1.02. The highest BCUT2D eigenvalue weighted by atomic mass is 79.9. The molecule has 0 saturated carbocycles. The second kappa shape index (κ2) is 9.09. The lowest BCUT2D eigenvalue weighted by Gasteiger charge is -2.11. The zero-order valence-electron chi connectivity index (χ0n) is 16.2. The van der Waals surface area contributed by atoms with Gasteiger partial charge in [0, 0.05) is 22.8 Å². The highest BCUT2D eigenvalue weighted by Crippen LogP contribution is 2.24. The summed E-state index contributed by atoms with van der Waals surface area (Å²) in [5, 5.41) is 5.51. The number of amides is 1. The molecule has 1 aromatic heterocycles. The van der Waals surface area contributed by atoms with Crippen LogP contribution in [0.5, 0.6) is 5.75 Å². The van der Waals surface area contributed by atoms with Gasteiger partial charge in [-0.05, 0) is 29.7 Å². The van der Waals surface area contributed by atoms with Gasteiger partial charge in [0.05, 0.1) is 23.8 Å². The van der Waals surface area contributed by atoms with Gasteiger partial charge in [-0.2, -0.15) is 0 Å². The van der Waals surface area contributed by atoms with Crippen molar-refractivity contribution >= 4 is 43.5 Å². The Morgan fingerprint density at radius 2 is 1.90 bits per heavy atom. The number of nitrogens with zero attached hydrogens (tertiary/aromatic N) is 2. The minimum Gasteiger partial charge on any atom is -0.491 e. The molecule has 0 fully saturated rings. The van der Waals surface area contributed by atoms with E-state index in [0.717, 1.165) is 21.0 Å². The van der Waals surface area contributed by atoms with Gasteiger partial charge in [-0.25, -0.2) is 4.98 Å². The molecular weight excluding hydrogens is 446 g/mol. The molecule has 0 saturated heterocycles. The number of hydrogen-bond acceptors (Lipinski definition) is 4. The van der Waals surface area contributed by atoms with Crippen LogP contribution in [0.4, 0.5) is 0 Å². The standard InChI is InChI=1S/C23H20BrN3O3/c24-17-8-9-20-19(14-17)23(29)27(15-26-20)12-10-22(28)25-11-13-30-21-7-3-5-16-4-1-2-6-18(16)21/h1-9,14-15H,10-13H2,(H,25,28). The van der Waals surface area contributed by atoms with Crippen LogP contribution in [0.15, 0.2) is 76.3 Å². The van der Waals surface area contributed by atoms with E-state index in [0.29, 0.717) is 24.1 Å². The molecule has 0 bridgehead atoms. The third kappa shape index (κ3) is 4.52. The Bertz CT molecular complexity index is 1260. The third-order valence-electron chi connectivity index (χ3n) is 4.80. The molecule has 1 amide bonds. The van der Waals surface area contributed by atoms with E-state index in [1.807, 2.05) is 48.5 Å². The van der Waals surface area contributed by atoms with Crippen LogP contribution in [-0.4, -0.2) is 28.6 Å². The van der Waals surface area contributed by atoms with Gasteiger partial charge in [-0.1, -0.05) is 52.3 Å². The zero-order valence-corrected chi connectivity index (χ0v) is 17.8. The zero-order chi connectivity index (χ0) is 20.9. The Morgan fingerprint density at radius 1 is 1.07 bits per heavy atom. The summed E-state index contributed by atoms with van der Waals surface area (Å²) >= 11 is 3.37. The minimum atomic E-state index is -0.159. The predicted octanol–water partition coefficient (Wildman–Crippen LogP) is 3.90. The molecule has 6 nitrogen and oxygen atoms in total. The largest absolute Gasteiger partial charge is 0.491 e. The molecular formula is C23H20BrN3O3. The van der Waals surface area contributed by atoms with Crippen molar-refractivity contribution in [2.45, 2.75) is 13.0 Å². The second-order valence-corrected chi connectivity index (χ2v) is 7.75. The van der Waals surface area contributed by atoms with E-state index in [4.69, 9.17) is 4.74 Å². The maximum Gasteiger partial charge on any atom is 0.261 e. The molecule has 4 aromatic rings. The number of fused-ring (bicyclic) bond motifs is 2. The monoisotopic (exact) mass is 465 g/mol. The van der Waals surface area contributed by atoms with Gasteiger partial charge < -0.3 is 10.1 Å². The van der Waals surface area contributed by atoms with Crippen LogP contribution in [0.3, 0.4) is 0 Å². The van der Waals surface area contributed by atoms with Gasteiger partial charge in [0.25, 0.3) is 5.56 Å². The predicted molar refractivity (Wildman–Crippen MR) is 121 cm³/mol. The van der Waals surface area contributed by atoms with Crippen LogP contribution in [0.25, 0.3) is 21.7 Å². The lowest BCUT2D eigenvalue weighted by atomic mass is 10.1. The molecule has 0 aliphatic carbocycles. The van der Waals surface area contributed by atoms with Crippen molar-refractivity contribution in [1.29, 1.82) is 0 Å². The molecule has 0 unspecified atom stereocenters. The van der Waals surface area contributed by atoms with Crippen LogP contribution < -0.4 is 15.6 Å². The lowest BCUT2D eigenvalue weighted by Crippen LogP contribution is -2.30. The van der Waals surface area contributed by atoms with Gasteiger partial charge in [0.1, 0.15) is 12.4 Å². The molecule has 7 heteroatoms. The summed E-state index contributed by atoms with van der Waals surface area (Å²) in [6, 6.07) is 19.3. The summed E-state index contributed by atoms with van der Waals surface area (Å²) in [4.78, 5) is 29.0. The van der Waals surface area contributed by atoms with Crippen molar-refractivity contribution in [2.75, 3.05) is 13.2 Å². The molecule has 4 rings (SSSR count). The van der Waals surface area contributed by atoms with Crippen molar-refractivity contribution in [3.8, 4) is 5.75 Å². The number of aryl methyl sites for hydroxylation is 1. The number of carbonyl (C=O) groups excluding carboxylic acids is 1. The number of carbonyl (C=O) groups is 1. The maximum absolute atomic E-state index is 12.6. The maximum atomic E-state index is 12.6. The summed E-state index contributed by atoms with van der Waals surface area (Å²) in [7, 11) is 0. The van der Waals surface area contributed by atoms with Gasteiger partial charge in [0.15, 0.2) is 0 Å². The molecule has 0 radical (unpaired) electrons. The van der Waals surface area contributed by atoms with E-state index < -0.39 is 0 Å². The summed E-state index contributed by atoms with van der Waals surface area (Å²) in [5.74, 6) is 0.653. The fourth-order valence-electron chi connectivity index (χ4n) is 3.27. The summed E-state index contributed by atoms with van der Waals surface area (Å²) in [6.07, 6.45) is 1.67. The number of nitrogens with one attached hydrogen (secondary N) is 1. The first-order chi connectivity index (χ1) is 14.6. The smallest absolute Gasteiger partial charge is 0.261 e. The fraction of sp³-hybridized carbons (Fsp3) is 0.174. The number of aromatic nitrogens is 2. The van der Waals surface area contributed by atoms with Crippen molar-refractivity contribution in [3.63, 3.8) is 0 Å². The highest BCUT2D eigenvalue weighted by molar-refractivity contribution is 9.10. The molecule has 3 aromatic carbocycles. The van der Waals surface area contributed by atoms with Crippen molar-refractivity contribution < 1.29 is 9.53 Å². The van der Waals surface area contributed by atoms with Crippen LogP contribution in [0, 0.1) is 0 Å². The van der Waals surface area contributed by atoms with E-state index in [1.165, 1.54) is 10.9 Å². The Kier molecular flexibility index (Phi) is 6.09. The van der Waals surface area contributed by atoms with E-state index in [9.17, 15) is 9.59 Å². The van der Waals surface area contributed by atoms with E-state index in [1.54, 1.807) is 12.1 Å². The first kappa shape index (κ1) is 20.1. The Labute approximate surface area is 181 Å². The van der Waals surface area contributed by atoms with Crippen LogP contribution >= 0.6 is 15.9 Å². The molecule has 0 spiro atoms. The Balaban J connectivity index is 1.29. The van der Waals surface area contributed by atoms with Gasteiger partial charge in [-0.3, -0.25) is 14.2 Å². The normalized spacial score (nSPS) is 11.0. The molecule has 0 aliphatic rings. The SMILES string of the molecule is O=C(CCn1cnc2ccc(Br)cc2c1=O)NCCOc1cccc2ccccc12. The fourth-order valence-corrected chi connectivity index (χ4v) is 3.63. The first-order valence-electron chi connectivity index (χ1n) is 9.64. The van der Waals surface area contributed by atoms with Crippen LogP contribution in [-0.2, 0) is 11.3 Å². The minimum absolute atomic E-state index is 0.141. The lowest BCUT2D eigenvalue weighted by molar-refractivity contribution is -0.121. The molecule has 152 valence electrons. The topological polar surface area (TPSA) is 73.2 Å². The van der Waals surface area contributed by atoms with Crippen molar-refractivity contribution in [1.82, 2.24) is 14.9 Å². The Morgan fingerprint density at radius 3 is 2.80 bits per heavy atom. The number of hydrogen-bond donors (Lipinski definition) is 1. The molecule has 0 atom stereocenters. The van der Waals surface area contributed by atoms with Gasteiger partial charge >= 0.3 is 0 Å². The molecule has 0 aliphatic heterocycles. The van der Waals surface area contributed by atoms with Crippen molar-refractivity contribution in [2.24, 2.45) is 0 Å². The van der Waals surface area contributed by atoms with Gasteiger partial charge in [0.2, 0.25) is 5.91 Å². The Hall–Kier alpha value is -3.19. The van der Waals surface area contributed by atoms with Crippen LogP contribution in [0.2, 0.25) is 0 Å². The number of halogens is 1. The van der Waals surface area contributed by atoms with E-state index in [2.05, 4.69) is 26.2 Å². The van der Waals surface area contributed by atoms with Crippen LogP contribution in [0.1, 0.15) is 6.42 Å². The second-order valence-electron chi connectivity index (χ2n) is 6.83.